The van der Waals surface area contributed by atoms with E-state index in [9.17, 15) is 0 Å². The molecule has 0 saturated heterocycles. The summed E-state index contributed by atoms with van der Waals surface area (Å²) in [6, 6.07) is 0. The van der Waals surface area contributed by atoms with E-state index in [2.05, 4.69) is 38.9 Å². The van der Waals surface area contributed by atoms with Crippen LogP contribution in [0, 0.1) is 0 Å². The number of ether oxygens (including phenoxy) is 3. The summed E-state index contributed by atoms with van der Waals surface area (Å²) in [5.41, 5.74) is -0.404. The van der Waals surface area contributed by atoms with Crippen LogP contribution in [0.25, 0.3) is 0 Å². The third kappa shape index (κ3) is 10.4. The third-order valence-electron chi connectivity index (χ3n) is 2.02. The van der Waals surface area contributed by atoms with Crippen molar-refractivity contribution in [1.29, 1.82) is 0 Å². The molecule has 0 amide bonds. The largest absolute Gasteiger partial charge is 0.493 e. The predicted molar refractivity (Wildman–Crippen MR) is 91.9 cm³/mol. The first-order valence-electron chi connectivity index (χ1n) is 6.30. The van der Waals surface area contributed by atoms with Crippen LogP contribution < -0.4 is 0 Å². The molecule has 0 aliphatic rings. The Morgan fingerprint density at radius 2 is 1.62 bits per heavy atom. The van der Waals surface area contributed by atoms with Crippen molar-refractivity contribution < 1.29 is 14.2 Å². The average Bonchev–Trinajstić information content (AvgIpc) is 2.48. The second kappa shape index (κ2) is 12.9. The fourth-order valence-corrected chi connectivity index (χ4v) is 1.27. The Bertz CT molecular complexity index is 433. The molecule has 0 aromatic heterocycles. The van der Waals surface area contributed by atoms with Crippen LogP contribution in [0.15, 0.2) is 86.6 Å². The average molecular weight is 306 g/mol. The van der Waals surface area contributed by atoms with Crippen LogP contribution in [-0.2, 0) is 14.2 Å². The zero-order chi connectivity index (χ0) is 15.9. The minimum Gasteiger partial charge on any atom is -0.493 e. The molecule has 114 valence electrons. The number of hydrogen-bond donors (Lipinski definition) is 1. The fraction of sp³-hybridized carbons (Fsp3) is 0.176. The highest BCUT2D eigenvalue weighted by Crippen LogP contribution is 2.10. The number of allylic oxidation sites excluding steroid dienone is 6. The summed E-state index contributed by atoms with van der Waals surface area (Å²) in [6.07, 6.45) is 13.1. The van der Waals surface area contributed by atoms with Crippen LogP contribution in [0.2, 0.25) is 0 Å². The first-order valence-corrected chi connectivity index (χ1v) is 6.82. The first kappa shape index (κ1) is 18.9. The van der Waals surface area contributed by atoms with E-state index in [0.29, 0.717) is 11.5 Å². The highest BCUT2D eigenvalue weighted by molar-refractivity contribution is 7.80. The Morgan fingerprint density at radius 3 is 2.19 bits per heavy atom. The van der Waals surface area contributed by atoms with E-state index in [4.69, 9.17) is 14.2 Å². The molecule has 0 radical (unpaired) electrons. The molecule has 0 fully saturated rings. The molecule has 0 bridgehead atoms. The summed E-state index contributed by atoms with van der Waals surface area (Å²) >= 11 is 4.18. The Hall–Kier alpha value is -2.07. The van der Waals surface area contributed by atoms with Crippen LogP contribution in [0.4, 0.5) is 0 Å². The molecule has 0 saturated carbocycles. The number of rotatable bonds is 12. The topological polar surface area (TPSA) is 27.7 Å². The van der Waals surface area contributed by atoms with Crippen LogP contribution in [-0.4, -0.2) is 18.6 Å². The molecule has 4 heteroatoms. The lowest BCUT2D eigenvalue weighted by Gasteiger charge is -2.15. The molecule has 1 atom stereocenters. The van der Waals surface area contributed by atoms with Crippen molar-refractivity contribution >= 4 is 12.6 Å². The van der Waals surface area contributed by atoms with Gasteiger partial charge >= 0.3 is 0 Å². The van der Waals surface area contributed by atoms with Crippen molar-refractivity contribution in [3.8, 4) is 0 Å². The van der Waals surface area contributed by atoms with E-state index >= 15 is 0 Å². The minimum absolute atomic E-state index is 0.227. The van der Waals surface area contributed by atoms with Crippen molar-refractivity contribution in [2.45, 2.75) is 5.44 Å². The highest BCUT2D eigenvalue weighted by atomic mass is 32.1. The highest BCUT2D eigenvalue weighted by Gasteiger charge is 2.05. The van der Waals surface area contributed by atoms with E-state index in [1.807, 2.05) is 0 Å². The van der Waals surface area contributed by atoms with Crippen LogP contribution in [0.3, 0.4) is 0 Å². The quantitative estimate of drug-likeness (QED) is 0.191. The SMILES string of the molecule is C=C/C=C(/CO/C(=C/C=C)CO/C=C/C=C)OC(S)C=C. The maximum atomic E-state index is 5.62. The van der Waals surface area contributed by atoms with Gasteiger partial charge in [-0.05, 0) is 24.3 Å². The predicted octanol–water partition coefficient (Wildman–Crippen LogP) is 4.32. The third-order valence-corrected chi connectivity index (χ3v) is 2.33. The second-order valence-electron chi connectivity index (χ2n) is 3.65. The minimum atomic E-state index is -0.404. The van der Waals surface area contributed by atoms with Gasteiger partial charge in [-0.2, -0.15) is 0 Å². The summed E-state index contributed by atoms with van der Waals surface area (Å²) in [5, 5.41) is 0. The maximum absolute atomic E-state index is 5.62. The number of hydrogen-bond acceptors (Lipinski definition) is 4. The standard InChI is InChI=1S/C17H22O3S/c1-5-9-12-18-13-15(10-6-2)19-14-16(11-7-3)20-17(21)8-4/h5-12,17,21H,1-4,13-14H2/b12-9+,15-10+,16-11-. The lowest BCUT2D eigenvalue weighted by Crippen LogP contribution is -2.09. The monoisotopic (exact) mass is 306 g/mol. The maximum Gasteiger partial charge on any atom is 0.159 e. The molecule has 0 spiro atoms. The van der Waals surface area contributed by atoms with E-state index in [-0.39, 0.29) is 13.2 Å². The van der Waals surface area contributed by atoms with Crippen LogP contribution >= 0.6 is 12.6 Å². The van der Waals surface area contributed by atoms with E-state index in [1.54, 1.807) is 42.5 Å². The number of thiol groups is 1. The lowest BCUT2D eigenvalue weighted by molar-refractivity contribution is 0.117. The van der Waals surface area contributed by atoms with Gasteiger partial charge in [0.25, 0.3) is 0 Å². The molecule has 1 unspecified atom stereocenters. The molecular formula is C17H22O3S. The zero-order valence-corrected chi connectivity index (χ0v) is 13.0. The Morgan fingerprint density at radius 1 is 0.952 bits per heavy atom. The van der Waals surface area contributed by atoms with E-state index in [0.717, 1.165) is 0 Å². The molecule has 0 N–H and O–H groups in total. The molecule has 0 aliphatic carbocycles. The Kier molecular flexibility index (Phi) is 11.7. The molecule has 21 heavy (non-hydrogen) atoms. The van der Waals surface area contributed by atoms with Gasteiger partial charge in [-0.15, -0.1) is 12.6 Å². The Balaban J connectivity index is 4.52. The van der Waals surface area contributed by atoms with Gasteiger partial charge in [-0.25, -0.2) is 0 Å². The fourth-order valence-electron chi connectivity index (χ4n) is 1.13. The van der Waals surface area contributed by atoms with Crippen molar-refractivity contribution in [3.05, 3.63) is 86.6 Å². The van der Waals surface area contributed by atoms with Gasteiger partial charge in [0, 0.05) is 0 Å². The van der Waals surface area contributed by atoms with Gasteiger partial charge in [-0.3, -0.25) is 0 Å². The summed E-state index contributed by atoms with van der Waals surface area (Å²) in [5.74, 6) is 1.20. The normalized spacial score (nSPS) is 13.4. The summed E-state index contributed by atoms with van der Waals surface area (Å²) in [6.45, 7) is 14.9. The lowest BCUT2D eigenvalue weighted by atomic mass is 10.4. The van der Waals surface area contributed by atoms with Crippen LogP contribution in [0.1, 0.15) is 0 Å². The van der Waals surface area contributed by atoms with Gasteiger partial charge in [0.05, 0.1) is 6.26 Å². The van der Waals surface area contributed by atoms with Crippen molar-refractivity contribution in [2.75, 3.05) is 13.2 Å². The van der Waals surface area contributed by atoms with Gasteiger partial charge in [-0.1, -0.05) is 44.5 Å². The molecule has 0 aliphatic heterocycles. The molecule has 0 rings (SSSR count). The van der Waals surface area contributed by atoms with E-state index in [1.165, 1.54) is 6.26 Å². The van der Waals surface area contributed by atoms with Crippen molar-refractivity contribution in [3.63, 3.8) is 0 Å². The Labute approximate surface area is 132 Å². The van der Waals surface area contributed by atoms with Crippen molar-refractivity contribution in [2.24, 2.45) is 0 Å². The molecular weight excluding hydrogens is 284 g/mol. The van der Waals surface area contributed by atoms with Gasteiger partial charge in [0.15, 0.2) is 5.44 Å². The van der Waals surface area contributed by atoms with E-state index < -0.39 is 5.44 Å². The molecule has 0 aromatic carbocycles. The van der Waals surface area contributed by atoms with Gasteiger partial charge in [0.1, 0.15) is 24.7 Å². The molecule has 0 aromatic rings. The second-order valence-corrected chi connectivity index (χ2v) is 4.15. The van der Waals surface area contributed by atoms with Crippen molar-refractivity contribution in [1.82, 2.24) is 0 Å². The molecule has 0 heterocycles. The zero-order valence-electron chi connectivity index (χ0n) is 12.1. The summed E-state index contributed by atoms with van der Waals surface area (Å²) in [4.78, 5) is 0. The van der Waals surface area contributed by atoms with Gasteiger partial charge < -0.3 is 14.2 Å². The smallest absolute Gasteiger partial charge is 0.159 e. The summed E-state index contributed by atoms with van der Waals surface area (Å²) < 4.78 is 16.4. The van der Waals surface area contributed by atoms with Gasteiger partial charge in [0.2, 0.25) is 0 Å². The molecule has 3 nitrogen and oxygen atoms in total. The first-order chi connectivity index (χ1) is 10.2. The van der Waals surface area contributed by atoms with Crippen LogP contribution in [0.5, 0.6) is 0 Å². The summed E-state index contributed by atoms with van der Waals surface area (Å²) in [7, 11) is 0.